The predicted molar refractivity (Wildman–Crippen MR) is 82.4 cm³/mol. The molecular formula is C17H26N2O. The summed E-state index contributed by atoms with van der Waals surface area (Å²) in [5, 5.41) is 3.54. The fourth-order valence-electron chi connectivity index (χ4n) is 3.48. The first-order valence-electron chi connectivity index (χ1n) is 7.90. The van der Waals surface area contributed by atoms with Gasteiger partial charge in [-0.05, 0) is 18.4 Å². The molecule has 110 valence electrons. The van der Waals surface area contributed by atoms with Gasteiger partial charge in [0.05, 0.1) is 6.61 Å². The van der Waals surface area contributed by atoms with Gasteiger partial charge in [-0.3, -0.25) is 4.90 Å². The van der Waals surface area contributed by atoms with Crippen LogP contribution in [0.1, 0.15) is 31.7 Å². The lowest BCUT2D eigenvalue weighted by Crippen LogP contribution is -2.52. The highest BCUT2D eigenvalue weighted by atomic mass is 16.5. The molecule has 2 heterocycles. The highest BCUT2D eigenvalue weighted by molar-refractivity contribution is 5.39. The molecule has 3 nitrogen and oxygen atoms in total. The molecule has 2 unspecified atom stereocenters. The lowest BCUT2D eigenvalue weighted by Gasteiger charge is -2.38. The zero-order valence-electron chi connectivity index (χ0n) is 12.6. The highest BCUT2D eigenvalue weighted by Crippen LogP contribution is 2.34. The van der Waals surface area contributed by atoms with Gasteiger partial charge < -0.3 is 10.1 Å². The van der Waals surface area contributed by atoms with E-state index in [1.54, 1.807) is 0 Å². The van der Waals surface area contributed by atoms with Gasteiger partial charge in [0.15, 0.2) is 0 Å². The fraction of sp³-hybridized carbons (Fsp3) is 0.647. The fourth-order valence-corrected chi connectivity index (χ4v) is 3.48. The van der Waals surface area contributed by atoms with Crippen molar-refractivity contribution in [3.05, 3.63) is 29.8 Å². The van der Waals surface area contributed by atoms with Crippen LogP contribution in [-0.2, 0) is 0 Å². The summed E-state index contributed by atoms with van der Waals surface area (Å²) in [6.07, 6.45) is 1.28. The Morgan fingerprint density at radius 2 is 2.20 bits per heavy atom. The van der Waals surface area contributed by atoms with Crippen molar-refractivity contribution in [2.75, 3.05) is 32.8 Å². The molecule has 2 atom stereocenters. The van der Waals surface area contributed by atoms with Crippen LogP contribution in [0.25, 0.3) is 0 Å². The summed E-state index contributed by atoms with van der Waals surface area (Å²) in [4.78, 5) is 2.67. The highest BCUT2D eigenvalue weighted by Gasteiger charge is 2.30. The third-order valence-electron chi connectivity index (χ3n) is 4.47. The van der Waals surface area contributed by atoms with E-state index < -0.39 is 0 Å². The van der Waals surface area contributed by atoms with Crippen molar-refractivity contribution in [1.29, 1.82) is 0 Å². The van der Waals surface area contributed by atoms with Crippen LogP contribution in [0.15, 0.2) is 24.3 Å². The second-order valence-electron chi connectivity index (χ2n) is 6.53. The van der Waals surface area contributed by atoms with E-state index in [4.69, 9.17) is 4.74 Å². The number of ether oxygens (including phenoxy) is 1. The zero-order valence-corrected chi connectivity index (χ0v) is 12.6. The Bertz CT molecular complexity index is 446. The van der Waals surface area contributed by atoms with Crippen LogP contribution < -0.4 is 10.1 Å². The van der Waals surface area contributed by atoms with Gasteiger partial charge in [-0.15, -0.1) is 0 Å². The minimum Gasteiger partial charge on any atom is -0.493 e. The Balaban J connectivity index is 1.67. The monoisotopic (exact) mass is 274 g/mol. The van der Waals surface area contributed by atoms with E-state index in [2.05, 4.69) is 48.3 Å². The van der Waals surface area contributed by atoms with Crippen LogP contribution in [-0.4, -0.2) is 43.7 Å². The predicted octanol–water partition coefficient (Wildman–Crippen LogP) is 2.48. The van der Waals surface area contributed by atoms with Crippen molar-refractivity contribution in [1.82, 2.24) is 10.2 Å². The molecule has 2 aliphatic heterocycles. The quantitative estimate of drug-likeness (QED) is 0.913. The number of piperazine rings is 1. The molecule has 3 heteroatoms. The van der Waals surface area contributed by atoms with Crippen molar-refractivity contribution in [2.45, 2.75) is 32.2 Å². The maximum atomic E-state index is 5.83. The van der Waals surface area contributed by atoms with Crippen molar-refractivity contribution in [2.24, 2.45) is 5.92 Å². The molecule has 20 heavy (non-hydrogen) atoms. The van der Waals surface area contributed by atoms with Crippen molar-refractivity contribution in [3.8, 4) is 5.75 Å². The Hall–Kier alpha value is -1.06. The SMILES string of the molecule is CC(C)CC1CNCCN1CC1COc2ccccc21. The Labute approximate surface area is 122 Å². The minimum atomic E-state index is 0.541. The standard InChI is InChI=1S/C17H26N2O/c1-13(2)9-15-10-18-7-8-19(15)11-14-12-20-17-6-4-3-5-16(14)17/h3-6,13-15,18H,7-12H2,1-2H3. The molecule has 1 saturated heterocycles. The van der Waals surface area contributed by atoms with Gasteiger partial charge >= 0.3 is 0 Å². The first-order valence-corrected chi connectivity index (χ1v) is 7.90. The second-order valence-corrected chi connectivity index (χ2v) is 6.53. The third kappa shape index (κ3) is 2.99. The topological polar surface area (TPSA) is 24.5 Å². The number of hydrogen-bond acceptors (Lipinski definition) is 3. The lowest BCUT2D eigenvalue weighted by atomic mass is 9.96. The zero-order chi connectivity index (χ0) is 13.9. The molecule has 1 aromatic carbocycles. The Kier molecular flexibility index (Phi) is 4.27. The summed E-state index contributed by atoms with van der Waals surface area (Å²) in [5.74, 6) is 2.39. The molecule has 0 aromatic heterocycles. The van der Waals surface area contributed by atoms with Gasteiger partial charge in [0.25, 0.3) is 0 Å². The largest absolute Gasteiger partial charge is 0.493 e. The van der Waals surface area contributed by atoms with Gasteiger partial charge in [0, 0.05) is 43.7 Å². The molecule has 0 amide bonds. The maximum Gasteiger partial charge on any atom is 0.122 e. The van der Waals surface area contributed by atoms with Gasteiger partial charge in [-0.2, -0.15) is 0 Å². The van der Waals surface area contributed by atoms with E-state index in [9.17, 15) is 0 Å². The summed E-state index contributed by atoms with van der Waals surface area (Å²) in [5.41, 5.74) is 1.40. The van der Waals surface area contributed by atoms with Crippen molar-refractivity contribution < 1.29 is 4.74 Å². The summed E-state index contributed by atoms with van der Waals surface area (Å²) >= 11 is 0. The van der Waals surface area contributed by atoms with E-state index in [1.807, 2.05) is 0 Å². The minimum absolute atomic E-state index is 0.541. The number of benzene rings is 1. The number of nitrogens with zero attached hydrogens (tertiary/aromatic N) is 1. The first kappa shape index (κ1) is 13.9. The summed E-state index contributed by atoms with van der Waals surface area (Å²) < 4.78 is 5.83. The summed E-state index contributed by atoms with van der Waals surface area (Å²) in [7, 11) is 0. The smallest absolute Gasteiger partial charge is 0.122 e. The van der Waals surface area contributed by atoms with Crippen LogP contribution in [0.2, 0.25) is 0 Å². The van der Waals surface area contributed by atoms with Gasteiger partial charge in [-0.1, -0.05) is 32.0 Å². The van der Waals surface area contributed by atoms with Gasteiger partial charge in [-0.25, -0.2) is 0 Å². The lowest BCUT2D eigenvalue weighted by molar-refractivity contribution is 0.128. The van der Waals surface area contributed by atoms with E-state index in [0.29, 0.717) is 12.0 Å². The maximum absolute atomic E-state index is 5.83. The Morgan fingerprint density at radius 1 is 1.35 bits per heavy atom. The molecule has 0 spiro atoms. The number of para-hydroxylation sites is 1. The van der Waals surface area contributed by atoms with E-state index in [0.717, 1.165) is 44.5 Å². The molecule has 0 bridgehead atoms. The number of nitrogens with one attached hydrogen (secondary N) is 1. The summed E-state index contributed by atoms with van der Waals surface area (Å²) in [6.45, 7) is 10.0. The molecule has 1 fully saturated rings. The number of fused-ring (bicyclic) bond motifs is 1. The van der Waals surface area contributed by atoms with Crippen molar-refractivity contribution in [3.63, 3.8) is 0 Å². The number of hydrogen-bond donors (Lipinski definition) is 1. The molecule has 0 radical (unpaired) electrons. The van der Waals surface area contributed by atoms with Gasteiger partial charge in [0.1, 0.15) is 5.75 Å². The third-order valence-corrected chi connectivity index (χ3v) is 4.47. The van der Waals surface area contributed by atoms with Crippen LogP contribution >= 0.6 is 0 Å². The van der Waals surface area contributed by atoms with Gasteiger partial charge in [0.2, 0.25) is 0 Å². The van der Waals surface area contributed by atoms with Crippen LogP contribution in [0.3, 0.4) is 0 Å². The van der Waals surface area contributed by atoms with E-state index in [1.165, 1.54) is 12.0 Å². The number of rotatable bonds is 4. The van der Waals surface area contributed by atoms with E-state index >= 15 is 0 Å². The molecule has 3 rings (SSSR count). The van der Waals surface area contributed by atoms with Crippen LogP contribution in [0.5, 0.6) is 5.75 Å². The molecule has 2 aliphatic rings. The summed E-state index contributed by atoms with van der Waals surface area (Å²) in [6, 6.07) is 9.19. The first-order chi connectivity index (χ1) is 9.74. The second kappa shape index (κ2) is 6.15. The van der Waals surface area contributed by atoms with Crippen molar-refractivity contribution >= 4 is 0 Å². The molecular weight excluding hydrogens is 248 g/mol. The average Bonchev–Trinajstić information content (AvgIpc) is 2.84. The van der Waals surface area contributed by atoms with Crippen LogP contribution in [0.4, 0.5) is 0 Å². The van der Waals surface area contributed by atoms with E-state index in [-0.39, 0.29) is 0 Å². The average molecular weight is 274 g/mol. The molecule has 0 saturated carbocycles. The molecule has 1 aromatic rings. The van der Waals surface area contributed by atoms with Crippen LogP contribution in [0, 0.1) is 5.92 Å². The Morgan fingerprint density at radius 3 is 3.05 bits per heavy atom. The molecule has 1 N–H and O–H groups in total. The normalized spacial score (nSPS) is 26.6. The molecule has 0 aliphatic carbocycles.